The minimum absolute atomic E-state index is 0.00506. The molecule has 4 rings (SSSR count). The van der Waals surface area contributed by atoms with Gasteiger partial charge in [-0.2, -0.15) is 0 Å². The lowest BCUT2D eigenvalue weighted by atomic mass is 9.89. The predicted octanol–water partition coefficient (Wildman–Crippen LogP) is 2.22. The van der Waals surface area contributed by atoms with Crippen LogP contribution in [0.2, 0.25) is 5.02 Å². The number of aliphatic hydroxyl groups is 2. The number of nitrogens with one attached hydrogen (secondary N) is 1. The Morgan fingerprint density at radius 3 is 2.47 bits per heavy atom. The van der Waals surface area contributed by atoms with Crippen LogP contribution in [0.15, 0.2) is 47.5 Å². The van der Waals surface area contributed by atoms with Crippen LogP contribution >= 0.6 is 11.6 Å². The molecule has 0 unspecified atom stereocenters. The summed E-state index contributed by atoms with van der Waals surface area (Å²) in [6, 6.07) is 13.0. The fourth-order valence-corrected chi connectivity index (χ4v) is 6.32. The Morgan fingerprint density at radius 1 is 1.14 bits per heavy atom. The van der Waals surface area contributed by atoms with E-state index in [4.69, 9.17) is 16.7 Å². The molecule has 0 aliphatic carbocycles. The third-order valence-corrected chi connectivity index (χ3v) is 9.18. The zero-order valence-electron chi connectivity index (χ0n) is 20.3. The van der Waals surface area contributed by atoms with Crippen LogP contribution in [0.3, 0.4) is 0 Å². The lowest BCUT2D eigenvalue weighted by molar-refractivity contribution is -0.124. The van der Waals surface area contributed by atoms with Gasteiger partial charge in [-0.1, -0.05) is 29.8 Å². The first-order chi connectivity index (χ1) is 17.1. The quantitative estimate of drug-likeness (QED) is 0.456. The third kappa shape index (κ3) is 5.98. The molecule has 36 heavy (non-hydrogen) atoms. The van der Waals surface area contributed by atoms with Gasteiger partial charge in [-0.05, 0) is 80.0 Å². The van der Waals surface area contributed by atoms with Crippen LogP contribution in [0.4, 0.5) is 0 Å². The molecule has 0 aromatic heterocycles. The van der Waals surface area contributed by atoms with Crippen LogP contribution in [-0.4, -0.2) is 71.8 Å². The van der Waals surface area contributed by atoms with Crippen molar-refractivity contribution in [2.75, 3.05) is 25.4 Å². The predicted molar refractivity (Wildman–Crippen MR) is 140 cm³/mol. The highest BCUT2D eigenvalue weighted by Gasteiger charge is 2.47. The summed E-state index contributed by atoms with van der Waals surface area (Å²) in [5.74, 6) is 0.305. The second-order valence-corrected chi connectivity index (χ2v) is 12.1. The number of aliphatic hydroxyl groups excluding tert-OH is 2. The molecule has 1 atom stereocenters. The maximum absolute atomic E-state index is 13.1. The van der Waals surface area contributed by atoms with E-state index in [9.17, 15) is 18.3 Å². The Bertz CT molecular complexity index is 1240. The molecule has 2 aliphatic rings. The van der Waals surface area contributed by atoms with Crippen LogP contribution in [0.5, 0.6) is 0 Å². The summed E-state index contributed by atoms with van der Waals surface area (Å²) >= 11 is 5.95. The van der Waals surface area contributed by atoms with Crippen LogP contribution in [0.1, 0.15) is 41.5 Å². The zero-order valence-corrected chi connectivity index (χ0v) is 21.9. The number of nitrogens with zero attached hydrogens (tertiary/aromatic N) is 2. The SMILES string of the molecule is Cc1cc(CC[C@H](O)CO)ccc1CCS(=O)(=O)N1CCC2(CC1)N=C(c1ccc(Cl)cc1)NC2=O. The molecule has 1 amide bonds. The van der Waals surface area contributed by atoms with E-state index in [-0.39, 0.29) is 31.4 Å². The summed E-state index contributed by atoms with van der Waals surface area (Å²) in [5.41, 5.74) is 2.85. The van der Waals surface area contributed by atoms with Gasteiger partial charge in [0.1, 0.15) is 11.4 Å². The van der Waals surface area contributed by atoms with Crippen molar-refractivity contribution in [1.29, 1.82) is 0 Å². The standard InChI is InChI=1S/C26H32ClN3O5S/c1-18-16-19(3-9-23(32)17-31)2-4-20(18)10-15-36(34,35)30-13-11-26(12-14-30)25(33)28-24(29-26)21-5-7-22(27)8-6-21/h2,4-8,16,23,31-32H,3,9-15,17H2,1H3,(H,28,29,33)/t23-/m0/s1. The summed E-state index contributed by atoms with van der Waals surface area (Å²) in [6.45, 7) is 2.19. The third-order valence-electron chi connectivity index (χ3n) is 7.05. The number of piperidine rings is 1. The number of halogens is 1. The molecule has 2 aromatic carbocycles. The Hall–Kier alpha value is -2.30. The van der Waals surface area contributed by atoms with E-state index in [1.165, 1.54) is 4.31 Å². The van der Waals surface area contributed by atoms with Crippen molar-refractivity contribution in [3.05, 3.63) is 69.7 Å². The van der Waals surface area contributed by atoms with Gasteiger partial charge >= 0.3 is 0 Å². The summed E-state index contributed by atoms with van der Waals surface area (Å²) in [5, 5.41) is 22.0. The molecular weight excluding hydrogens is 502 g/mol. The Kier molecular flexibility index (Phi) is 8.16. The highest BCUT2D eigenvalue weighted by Crippen LogP contribution is 2.32. The van der Waals surface area contributed by atoms with Crippen LogP contribution < -0.4 is 5.32 Å². The van der Waals surface area contributed by atoms with Gasteiger partial charge in [0.15, 0.2) is 0 Å². The fourth-order valence-electron chi connectivity index (χ4n) is 4.72. The summed E-state index contributed by atoms with van der Waals surface area (Å²) in [4.78, 5) is 17.5. The second-order valence-electron chi connectivity index (χ2n) is 9.55. The van der Waals surface area contributed by atoms with Crippen LogP contribution in [-0.2, 0) is 27.7 Å². The molecule has 0 saturated carbocycles. The first-order valence-corrected chi connectivity index (χ1v) is 14.1. The second kappa shape index (κ2) is 11.0. The van der Waals surface area contributed by atoms with Gasteiger partial charge in [0.05, 0.1) is 18.5 Å². The van der Waals surface area contributed by atoms with Crippen molar-refractivity contribution >= 4 is 33.4 Å². The fraction of sp³-hybridized carbons (Fsp3) is 0.462. The van der Waals surface area contributed by atoms with Crippen molar-refractivity contribution in [3.8, 4) is 0 Å². The number of aryl methyl sites for hydroxylation is 3. The smallest absolute Gasteiger partial charge is 0.253 e. The minimum Gasteiger partial charge on any atom is -0.394 e. The number of amidine groups is 1. The average Bonchev–Trinajstić information content (AvgIpc) is 3.17. The molecule has 0 bridgehead atoms. The maximum Gasteiger partial charge on any atom is 0.253 e. The maximum atomic E-state index is 13.1. The summed E-state index contributed by atoms with van der Waals surface area (Å²) in [6.07, 6.45) is 1.46. The van der Waals surface area contributed by atoms with Crippen LogP contribution in [0.25, 0.3) is 0 Å². The molecular formula is C26H32ClN3O5S. The molecule has 2 aromatic rings. The molecule has 3 N–H and O–H groups in total. The van der Waals surface area contributed by atoms with Gasteiger partial charge in [0.25, 0.3) is 5.91 Å². The number of rotatable bonds is 9. The number of carbonyl (C=O) groups excluding carboxylic acids is 1. The largest absolute Gasteiger partial charge is 0.394 e. The number of amides is 1. The van der Waals surface area contributed by atoms with E-state index in [2.05, 4.69) is 10.3 Å². The molecule has 10 heteroatoms. The van der Waals surface area contributed by atoms with Crippen LogP contribution in [0, 0.1) is 6.92 Å². The molecule has 8 nitrogen and oxygen atoms in total. The van der Waals surface area contributed by atoms with E-state index in [1.807, 2.05) is 25.1 Å². The lowest BCUT2D eigenvalue weighted by Crippen LogP contribution is -2.50. The van der Waals surface area contributed by atoms with Gasteiger partial charge in [0, 0.05) is 23.7 Å². The molecule has 0 radical (unpaired) electrons. The number of hydrogen-bond acceptors (Lipinski definition) is 6. The molecule has 1 fully saturated rings. The summed E-state index contributed by atoms with van der Waals surface area (Å²) in [7, 11) is -3.49. The molecule has 2 aliphatic heterocycles. The lowest BCUT2D eigenvalue weighted by Gasteiger charge is -2.34. The van der Waals surface area contributed by atoms with Crippen molar-refractivity contribution in [2.24, 2.45) is 4.99 Å². The minimum atomic E-state index is -3.49. The average molecular weight is 534 g/mol. The van der Waals surface area contributed by atoms with E-state index in [0.29, 0.717) is 43.0 Å². The monoisotopic (exact) mass is 533 g/mol. The first kappa shape index (κ1) is 26.8. The zero-order chi connectivity index (χ0) is 25.9. The Morgan fingerprint density at radius 2 is 1.83 bits per heavy atom. The van der Waals surface area contributed by atoms with Gasteiger partial charge in [-0.15, -0.1) is 0 Å². The van der Waals surface area contributed by atoms with Gasteiger partial charge in [-0.25, -0.2) is 12.7 Å². The van der Waals surface area contributed by atoms with Gasteiger partial charge in [0.2, 0.25) is 10.0 Å². The number of hydrogen-bond donors (Lipinski definition) is 3. The number of benzene rings is 2. The molecule has 1 saturated heterocycles. The van der Waals surface area contributed by atoms with Gasteiger partial charge in [-0.3, -0.25) is 9.79 Å². The van der Waals surface area contributed by atoms with Gasteiger partial charge < -0.3 is 15.5 Å². The van der Waals surface area contributed by atoms with E-state index in [1.54, 1.807) is 24.3 Å². The normalized spacial score (nSPS) is 18.8. The Labute approximate surface area is 217 Å². The molecule has 1 spiro atoms. The Balaban J connectivity index is 1.35. The first-order valence-electron chi connectivity index (χ1n) is 12.1. The van der Waals surface area contributed by atoms with E-state index >= 15 is 0 Å². The highest BCUT2D eigenvalue weighted by molar-refractivity contribution is 7.89. The van der Waals surface area contributed by atoms with E-state index < -0.39 is 21.7 Å². The topological polar surface area (TPSA) is 119 Å². The van der Waals surface area contributed by atoms with Crippen molar-refractivity contribution < 1.29 is 23.4 Å². The van der Waals surface area contributed by atoms with Crippen molar-refractivity contribution in [3.63, 3.8) is 0 Å². The number of sulfonamides is 1. The number of carbonyl (C=O) groups is 1. The molecule has 194 valence electrons. The molecule has 2 heterocycles. The van der Waals surface area contributed by atoms with Crippen molar-refractivity contribution in [2.45, 2.75) is 50.7 Å². The highest BCUT2D eigenvalue weighted by atomic mass is 35.5. The summed E-state index contributed by atoms with van der Waals surface area (Å²) < 4.78 is 27.6. The number of aliphatic imine (C=N–C) groups is 1. The van der Waals surface area contributed by atoms with E-state index in [0.717, 1.165) is 22.3 Å². The van der Waals surface area contributed by atoms with Crippen molar-refractivity contribution in [1.82, 2.24) is 9.62 Å².